The fourth-order valence-corrected chi connectivity index (χ4v) is 5.26. The average Bonchev–Trinajstić information content (AvgIpc) is 3.06. The number of hydrogen-bond acceptors (Lipinski definition) is 1. The molecule has 2 unspecified atom stereocenters. The Bertz CT molecular complexity index is 986. The van der Waals surface area contributed by atoms with E-state index in [0.717, 1.165) is 23.4 Å². The molecule has 0 fully saturated rings. The van der Waals surface area contributed by atoms with Crippen molar-refractivity contribution in [1.29, 1.82) is 0 Å². The van der Waals surface area contributed by atoms with E-state index < -0.39 is 0 Å². The molecular weight excluding hydrogens is 396 g/mol. The summed E-state index contributed by atoms with van der Waals surface area (Å²) in [7, 11) is 0. The first-order valence-electron chi connectivity index (χ1n) is 10.0. The van der Waals surface area contributed by atoms with Crippen LogP contribution < -0.4 is 5.32 Å². The Morgan fingerprint density at radius 3 is 2.81 bits per heavy atom. The molecule has 2 heterocycles. The Labute approximate surface area is 169 Å². The summed E-state index contributed by atoms with van der Waals surface area (Å²) in [5.41, 5.74) is 7.19. The molecule has 0 saturated carbocycles. The maximum absolute atomic E-state index is 3.74. The van der Waals surface area contributed by atoms with E-state index in [1.54, 1.807) is 5.56 Å². The lowest BCUT2D eigenvalue weighted by molar-refractivity contribution is 0.356. The van der Waals surface area contributed by atoms with Crippen LogP contribution in [0.1, 0.15) is 36.1 Å². The van der Waals surface area contributed by atoms with Crippen molar-refractivity contribution in [3.8, 4) is 0 Å². The van der Waals surface area contributed by atoms with Crippen molar-refractivity contribution >= 4 is 32.4 Å². The number of aromatic nitrogens is 1. The summed E-state index contributed by atoms with van der Waals surface area (Å²) in [5, 5.41) is 5.15. The largest absolute Gasteiger partial charge is 0.358 e. The van der Waals surface area contributed by atoms with E-state index in [2.05, 4.69) is 80.8 Å². The Balaban J connectivity index is 1.30. The van der Waals surface area contributed by atoms with Crippen molar-refractivity contribution in [2.75, 3.05) is 6.54 Å². The van der Waals surface area contributed by atoms with Gasteiger partial charge in [-0.3, -0.25) is 0 Å². The number of benzene rings is 2. The number of aryl methyl sites for hydroxylation is 1. The second-order valence-electron chi connectivity index (χ2n) is 8.02. The molecule has 0 spiro atoms. The van der Waals surface area contributed by atoms with Crippen LogP contribution in [0.15, 0.2) is 59.1 Å². The van der Waals surface area contributed by atoms with Gasteiger partial charge in [0, 0.05) is 33.7 Å². The molecule has 138 valence electrons. The van der Waals surface area contributed by atoms with Gasteiger partial charge in [0.15, 0.2) is 0 Å². The zero-order valence-electron chi connectivity index (χ0n) is 15.5. The second-order valence-corrected chi connectivity index (χ2v) is 8.94. The third-order valence-corrected chi connectivity index (χ3v) is 6.73. The highest BCUT2D eigenvalue weighted by Crippen LogP contribution is 2.35. The van der Waals surface area contributed by atoms with E-state index in [1.807, 2.05) is 0 Å². The molecule has 5 rings (SSSR count). The number of halogens is 1. The Hall–Kier alpha value is -1.84. The smallest absolute Gasteiger partial charge is 0.0470 e. The highest BCUT2D eigenvalue weighted by molar-refractivity contribution is 9.10. The molecule has 1 aromatic heterocycles. The minimum Gasteiger partial charge on any atom is -0.358 e. The Morgan fingerprint density at radius 2 is 1.93 bits per heavy atom. The van der Waals surface area contributed by atoms with Crippen LogP contribution in [0.4, 0.5) is 0 Å². The van der Waals surface area contributed by atoms with E-state index in [4.69, 9.17) is 0 Å². The Morgan fingerprint density at radius 1 is 1.04 bits per heavy atom. The molecule has 0 amide bonds. The lowest BCUT2D eigenvalue weighted by Crippen LogP contribution is -2.35. The molecule has 3 heteroatoms. The normalized spacial score (nSPS) is 22.5. The number of hydrogen-bond donors (Lipinski definition) is 2. The fourth-order valence-electron chi connectivity index (χ4n) is 4.90. The van der Waals surface area contributed by atoms with Crippen LogP contribution in [0.3, 0.4) is 0 Å². The summed E-state index contributed by atoms with van der Waals surface area (Å²) < 4.78 is 1.15. The molecule has 0 radical (unpaired) electrons. The first-order valence-corrected chi connectivity index (χ1v) is 10.8. The van der Waals surface area contributed by atoms with Gasteiger partial charge in [-0.1, -0.05) is 58.4 Å². The topological polar surface area (TPSA) is 27.8 Å². The van der Waals surface area contributed by atoms with Crippen LogP contribution in [0, 0.1) is 5.92 Å². The summed E-state index contributed by atoms with van der Waals surface area (Å²) in [6, 6.07) is 18.1. The summed E-state index contributed by atoms with van der Waals surface area (Å²) in [6.45, 7) is 0.994. The predicted octanol–water partition coefficient (Wildman–Crippen LogP) is 5.87. The van der Waals surface area contributed by atoms with Crippen LogP contribution in [-0.2, 0) is 12.8 Å². The predicted molar refractivity (Wildman–Crippen MR) is 117 cm³/mol. The zero-order valence-corrected chi connectivity index (χ0v) is 17.1. The van der Waals surface area contributed by atoms with Gasteiger partial charge in [0.05, 0.1) is 0 Å². The maximum atomic E-state index is 3.74. The first kappa shape index (κ1) is 17.3. The van der Waals surface area contributed by atoms with Crippen molar-refractivity contribution in [2.45, 2.75) is 38.1 Å². The molecule has 3 aromatic rings. The zero-order chi connectivity index (χ0) is 18.2. The van der Waals surface area contributed by atoms with Gasteiger partial charge in [-0.05, 0) is 66.9 Å². The summed E-state index contributed by atoms with van der Waals surface area (Å²) in [5.74, 6) is 0.771. The summed E-state index contributed by atoms with van der Waals surface area (Å²) in [4.78, 5) is 3.65. The quantitative estimate of drug-likeness (QED) is 0.544. The summed E-state index contributed by atoms with van der Waals surface area (Å²) >= 11 is 3.59. The van der Waals surface area contributed by atoms with Gasteiger partial charge >= 0.3 is 0 Å². The molecule has 2 nitrogen and oxygen atoms in total. The lowest BCUT2D eigenvalue weighted by Gasteiger charge is -2.30. The molecule has 2 N–H and O–H groups in total. The van der Waals surface area contributed by atoms with Gasteiger partial charge in [0.25, 0.3) is 0 Å². The van der Waals surface area contributed by atoms with Gasteiger partial charge in [0.1, 0.15) is 0 Å². The molecule has 27 heavy (non-hydrogen) atoms. The number of fused-ring (bicyclic) bond motifs is 3. The first-order chi connectivity index (χ1) is 13.3. The van der Waals surface area contributed by atoms with Gasteiger partial charge in [-0.15, -0.1) is 0 Å². The fraction of sp³-hybridized carbons (Fsp3) is 0.333. The monoisotopic (exact) mass is 420 g/mol. The molecule has 1 aliphatic heterocycles. The van der Waals surface area contributed by atoms with Crippen molar-refractivity contribution in [2.24, 2.45) is 5.92 Å². The average molecular weight is 421 g/mol. The van der Waals surface area contributed by atoms with Gasteiger partial charge in [0.2, 0.25) is 0 Å². The molecule has 0 bridgehead atoms. The third kappa shape index (κ3) is 3.51. The van der Waals surface area contributed by atoms with Crippen LogP contribution in [0.5, 0.6) is 0 Å². The highest BCUT2D eigenvalue weighted by Gasteiger charge is 2.26. The van der Waals surface area contributed by atoms with E-state index in [1.165, 1.54) is 53.4 Å². The van der Waals surface area contributed by atoms with E-state index in [-0.39, 0.29) is 0 Å². The van der Waals surface area contributed by atoms with Crippen LogP contribution in [0.25, 0.3) is 16.5 Å². The van der Waals surface area contributed by atoms with Crippen LogP contribution in [-0.4, -0.2) is 17.6 Å². The number of aromatic amines is 1. The van der Waals surface area contributed by atoms with Crippen molar-refractivity contribution in [3.05, 3.63) is 75.9 Å². The summed E-state index contributed by atoms with van der Waals surface area (Å²) in [6.07, 6.45) is 8.47. The van der Waals surface area contributed by atoms with Crippen molar-refractivity contribution in [3.63, 3.8) is 0 Å². The van der Waals surface area contributed by atoms with Gasteiger partial charge in [-0.2, -0.15) is 0 Å². The standard InChI is InChI=1S/C24H25BrN2/c25-19-7-8-21-22-13-16(6-9-23(22)27-24(21)15-19)12-20-14-18(10-11-26-20)17-4-2-1-3-5-17/h1-5,7-8,10,15-16,20,26-27H,6,9,11-14H2. The van der Waals surface area contributed by atoms with Crippen LogP contribution >= 0.6 is 15.9 Å². The molecule has 0 saturated heterocycles. The van der Waals surface area contributed by atoms with Crippen molar-refractivity contribution < 1.29 is 0 Å². The lowest BCUT2D eigenvalue weighted by atomic mass is 9.80. The third-order valence-electron chi connectivity index (χ3n) is 6.24. The number of nitrogens with one attached hydrogen (secondary N) is 2. The second kappa shape index (κ2) is 7.29. The van der Waals surface area contributed by atoms with Gasteiger partial charge < -0.3 is 10.3 Å². The maximum Gasteiger partial charge on any atom is 0.0470 e. The van der Waals surface area contributed by atoms with E-state index >= 15 is 0 Å². The number of rotatable bonds is 3. The minimum absolute atomic E-state index is 0.594. The van der Waals surface area contributed by atoms with Crippen LogP contribution in [0.2, 0.25) is 0 Å². The molecule has 2 aromatic carbocycles. The van der Waals surface area contributed by atoms with E-state index in [9.17, 15) is 0 Å². The molecule has 2 aliphatic rings. The molecular formula is C24H25BrN2. The SMILES string of the molecule is Brc1ccc2c3c([nH]c2c1)CCC(CC1CC(c2ccccc2)=CCN1)C3. The highest BCUT2D eigenvalue weighted by atomic mass is 79.9. The molecule has 2 atom stereocenters. The molecule has 1 aliphatic carbocycles. The van der Waals surface area contributed by atoms with Crippen molar-refractivity contribution in [1.82, 2.24) is 10.3 Å². The van der Waals surface area contributed by atoms with E-state index in [0.29, 0.717) is 6.04 Å². The Kier molecular flexibility index (Phi) is 4.66. The van der Waals surface area contributed by atoms with Gasteiger partial charge in [-0.25, -0.2) is 0 Å². The number of H-pyrrole nitrogens is 1. The minimum atomic E-state index is 0.594.